The van der Waals surface area contributed by atoms with Gasteiger partial charge in [-0.15, -0.1) is 0 Å². The zero-order valence-electron chi connectivity index (χ0n) is 16.4. The molecule has 144 valence electrons. The van der Waals surface area contributed by atoms with Crippen LogP contribution in [0.5, 0.6) is 0 Å². The highest BCUT2D eigenvalue weighted by molar-refractivity contribution is 5.94. The van der Waals surface area contributed by atoms with Gasteiger partial charge in [-0.2, -0.15) is 5.10 Å². The van der Waals surface area contributed by atoms with Crippen molar-refractivity contribution in [3.05, 3.63) is 47.3 Å². The molecule has 4 rings (SSSR count). The van der Waals surface area contributed by atoms with E-state index in [1.165, 1.54) is 0 Å². The molecule has 1 aromatic carbocycles. The summed E-state index contributed by atoms with van der Waals surface area (Å²) in [6.45, 7) is 8.01. The summed E-state index contributed by atoms with van der Waals surface area (Å²) in [5.74, 6) is 0.0833. The molecule has 2 saturated heterocycles. The second-order valence-electron chi connectivity index (χ2n) is 7.95. The van der Waals surface area contributed by atoms with Crippen LogP contribution in [-0.4, -0.2) is 70.9 Å². The van der Waals surface area contributed by atoms with Crippen molar-refractivity contribution >= 4 is 5.91 Å². The molecular weight excluding hydrogens is 340 g/mol. The van der Waals surface area contributed by atoms with Gasteiger partial charge in [-0.25, -0.2) is 4.68 Å². The average molecular weight is 368 g/mol. The van der Waals surface area contributed by atoms with Crippen molar-refractivity contribution in [1.29, 1.82) is 0 Å². The molecule has 0 unspecified atom stereocenters. The summed E-state index contributed by atoms with van der Waals surface area (Å²) in [7, 11) is 2.14. The number of benzene rings is 1. The molecule has 3 heterocycles. The minimum Gasteiger partial charge on any atom is -0.371 e. The summed E-state index contributed by atoms with van der Waals surface area (Å²) < 4.78 is 8.04. The number of piperidine rings is 1. The van der Waals surface area contributed by atoms with Gasteiger partial charge in [0.2, 0.25) is 0 Å². The van der Waals surface area contributed by atoms with Gasteiger partial charge < -0.3 is 14.5 Å². The molecule has 0 bridgehead atoms. The fourth-order valence-corrected chi connectivity index (χ4v) is 4.19. The predicted octanol–water partition coefficient (Wildman–Crippen LogP) is 2.43. The summed E-state index contributed by atoms with van der Waals surface area (Å²) in [5.41, 5.74) is 3.50. The van der Waals surface area contributed by atoms with E-state index in [1.54, 1.807) is 0 Å². The first-order chi connectivity index (χ1) is 13.0. The van der Waals surface area contributed by atoms with E-state index < -0.39 is 0 Å². The van der Waals surface area contributed by atoms with Crippen molar-refractivity contribution in [1.82, 2.24) is 19.6 Å². The van der Waals surface area contributed by atoms with Crippen LogP contribution in [0.15, 0.2) is 30.3 Å². The third-order valence-electron chi connectivity index (χ3n) is 5.78. The number of amides is 1. The van der Waals surface area contributed by atoms with Crippen LogP contribution in [0.25, 0.3) is 5.69 Å². The van der Waals surface area contributed by atoms with Gasteiger partial charge in [-0.1, -0.05) is 6.07 Å². The quantitative estimate of drug-likeness (QED) is 0.817. The van der Waals surface area contributed by atoms with E-state index in [9.17, 15) is 4.79 Å². The molecule has 0 saturated carbocycles. The number of morpholine rings is 1. The van der Waals surface area contributed by atoms with Gasteiger partial charge in [0, 0.05) is 30.9 Å². The summed E-state index contributed by atoms with van der Waals surface area (Å²) >= 11 is 0. The molecule has 0 atom stereocenters. The van der Waals surface area contributed by atoms with Gasteiger partial charge in [-0.3, -0.25) is 4.79 Å². The van der Waals surface area contributed by atoms with Crippen LogP contribution in [0, 0.1) is 13.8 Å². The number of aromatic nitrogens is 2. The zero-order chi connectivity index (χ0) is 19.0. The number of likely N-dealkylation sites (tertiary alicyclic amines) is 1. The Morgan fingerprint density at radius 3 is 2.63 bits per heavy atom. The van der Waals surface area contributed by atoms with Crippen LogP contribution in [0.2, 0.25) is 0 Å². The van der Waals surface area contributed by atoms with Crippen molar-refractivity contribution in [3.63, 3.8) is 0 Å². The van der Waals surface area contributed by atoms with Gasteiger partial charge in [0.05, 0.1) is 30.1 Å². The Hall–Kier alpha value is -2.18. The number of aryl methyl sites for hydroxylation is 2. The van der Waals surface area contributed by atoms with Gasteiger partial charge in [0.15, 0.2) is 0 Å². The molecule has 0 N–H and O–H groups in total. The van der Waals surface area contributed by atoms with E-state index in [0.717, 1.165) is 43.0 Å². The van der Waals surface area contributed by atoms with Crippen LogP contribution < -0.4 is 0 Å². The average Bonchev–Trinajstić information content (AvgIpc) is 3.02. The van der Waals surface area contributed by atoms with Crippen molar-refractivity contribution in [2.45, 2.75) is 32.3 Å². The highest BCUT2D eigenvalue weighted by atomic mass is 16.5. The van der Waals surface area contributed by atoms with E-state index in [0.29, 0.717) is 25.3 Å². The molecule has 0 aliphatic carbocycles. The summed E-state index contributed by atoms with van der Waals surface area (Å²) in [4.78, 5) is 17.5. The van der Waals surface area contributed by atoms with Crippen LogP contribution in [-0.2, 0) is 4.74 Å². The Morgan fingerprint density at radius 2 is 1.93 bits per heavy atom. The lowest BCUT2D eigenvalue weighted by atomic mass is 9.89. The fraction of sp³-hybridized carbons (Fsp3) is 0.524. The number of hydrogen-bond acceptors (Lipinski definition) is 4. The Morgan fingerprint density at radius 1 is 1.15 bits per heavy atom. The lowest BCUT2D eigenvalue weighted by molar-refractivity contribution is -0.125. The van der Waals surface area contributed by atoms with Crippen LogP contribution in [0.1, 0.15) is 34.6 Å². The van der Waals surface area contributed by atoms with Gasteiger partial charge >= 0.3 is 0 Å². The topological polar surface area (TPSA) is 50.6 Å². The Labute approximate surface area is 160 Å². The second kappa shape index (κ2) is 7.09. The maximum Gasteiger partial charge on any atom is 0.254 e. The number of carbonyl (C=O) groups excluding carboxylic acids is 1. The minimum absolute atomic E-state index is 0.0833. The Balaban J connectivity index is 1.54. The van der Waals surface area contributed by atoms with Crippen LogP contribution >= 0.6 is 0 Å². The first-order valence-corrected chi connectivity index (χ1v) is 9.71. The third kappa shape index (κ3) is 3.64. The fourth-order valence-electron chi connectivity index (χ4n) is 4.19. The van der Waals surface area contributed by atoms with Crippen molar-refractivity contribution in [3.8, 4) is 5.69 Å². The molecule has 2 aromatic rings. The summed E-state index contributed by atoms with van der Waals surface area (Å²) in [6.07, 6.45) is 1.97. The molecular formula is C21H28N4O2. The van der Waals surface area contributed by atoms with Crippen LogP contribution in [0.3, 0.4) is 0 Å². The Kier molecular flexibility index (Phi) is 4.78. The van der Waals surface area contributed by atoms with E-state index in [2.05, 4.69) is 17.0 Å². The number of rotatable bonds is 2. The standard InChI is InChI=1S/C21H28N4O2/c1-16-13-17(2)25(22-16)19-6-4-5-18(14-19)20(26)24-11-12-27-21(15-24)7-9-23(3)10-8-21/h4-6,13-14H,7-12,15H2,1-3H3. The molecule has 27 heavy (non-hydrogen) atoms. The molecule has 2 aliphatic rings. The van der Waals surface area contributed by atoms with Crippen molar-refractivity contribution in [2.24, 2.45) is 0 Å². The van der Waals surface area contributed by atoms with E-state index in [1.807, 2.05) is 53.8 Å². The molecule has 6 nitrogen and oxygen atoms in total. The Bertz CT molecular complexity index is 836. The van der Waals surface area contributed by atoms with Crippen molar-refractivity contribution in [2.75, 3.05) is 39.8 Å². The highest BCUT2D eigenvalue weighted by Crippen LogP contribution is 2.30. The second-order valence-corrected chi connectivity index (χ2v) is 7.95. The SMILES string of the molecule is Cc1cc(C)n(-c2cccc(C(=O)N3CCOC4(CCN(C)CC4)C3)c2)n1. The van der Waals surface area contributed by atoms with Gasteiger partial charge in [0.1, 0.15) is 0 Å². The molecule has 6 heteroatoms. The molecule has 0 radical (unpaired) electrons. The monoisotopic (exact) mass is 368 g/mol. The first-order valence-electron chi connectivity index (χ1n) is 9.71. The predicted molar refractivity (Wildman–Crippen MR) is 104 cm³/mol. The number of hydrogen-bond donors (Lipinski definition) is 0. The number of carbonyl (C=O) groups is 1. The number of ether oxygens (including phenoxy) is 1. The lowest BCUT2D eigenvalue weighted by Crippen LogP contribution is -2.57. The largest absolute Gasteiger partial charge is 0.371 e. The first kappa shape index (κ1) is 18.2. The highest BCUT2D eigenvalue weighted by Gasteiger charge is 2.40. The summed E-state index contributed by atoms with van der Waals surface area (Å²) in [6, 6.07) is 9.81. The van der Waals surface area contributed by atoms with Gasteiger partial charge in [0.25, 0.3) is 5.91 Å². The minimum atomic E-state index is -0.173. The maximum atomic E-state index is 13.2. The molecule has 1 amide bonds. The zero-order valence-corrected chi connectivity index (χ0v) is 16.4. The summed E-state index contributed by atoms with van der Waals surface area (Å²) in [5, 5.41) is 4.54. The molecule has 2 aliphatic heterocycles. The normalized spacial score (nSPS) is 20.2. The maximum absolute atomic E-state index is 13.2. The van der Waals surface area contributed by atoms with Gasteiger partial charge in [-0.05, 0) is 58.0 Å². The van der Waals surface area contributed by atoms with Crippen LogP contribution in [0.4, 0.5) is 0 Å². The van der Waals surface area contributed by atoms with E-state index in [4.69, 9.17) is 4.74 Å². The third-order valence-corrected chi connectivity index (χ3v) is 5.78. The molecule has 2 fully saturated rings. The van der Waals surface area contributed by atoms with E-state index in [-0.39, 0.29) is 11.5 Å². The molecule has 1 aromatic heterocycles. The smallest absolute Gasteiger partial charge is 0.254 e. The number of nitrogens with zero attached hydrogens (tertiary/aromatic N) is 4. The van der Waals surface area contributed by atoms with E-state index >= 15 is 0 Å². The molecule has 1 spiro atoms. The lowest BCUT2D eigenvalue weighted by Gasteiger charge is -2.46. The van der Waals surface area contributed by atoms with Crippen molar-refractivity contribution < 1.29 is 9.53 Å².